The second-order valence-electron chi connectivity index (χ2n) is 7.23. The minimum absolute atomic E-state index is 0.0915. The number of carbonyl (C=O) groups excluding carboxylic acids is 2. The maximum atomic E-state index is 12.6. The van der Waals surface area contributed by atoms with E-state index >= 15 is 0 Å². The predicted octanol–water partition coefficient (Wildman–Crippen LogP) is 4.27. The van der Waals surface area contributed by atoms with Gasteiger partial charge in [0.05, 0.1) is 12.2 Å². The summed E-state index contributed by atoms with van der Waals surface area (Å²) in [5.74, 6) is 0.0515. The van der Waals surface area contributed by atoms with Gasteiger partial charge >= 0.3 is 0 Å². The van der Waals surface area contributed by atoms with Crippen LogP contribution in [0.1, 0.15) is 59.7 Å². The van der Waals surface area contributed by atoms with Crippen molar-refractivity contribution >= 4 is 34.8 Å². The normalized spacial score (nSPS) is 13.9. The summed E-state index contributed by atoms with van der Waals surface area (Å²) < 4.78 is 5.49. The van der Waals surface area contributed by atoms with E-state index in [-0.39, 0.29) is 23.0 Å². The standard InChI is InChI=1S/C23H27N3O3S/c1-2-29-20-14-7-6-13-19(20)22(28)26-23(30)25-18-12-8-9-16(15-18)21(27)24-17-10-4-3-5-11-17/h6-9,12-15,17H,2-5,10-11H2,1H3,(H,24,27)(H2,25,26,28,30). The molecule has 2 aromatic carbocycles. The Balaban J connectivity index is 1.59. The van der Waals surface area contributed by atoms with Gasteiger partial charge in [-0.2, -0.15) is 0 Å². The van der Waals surface area contributed by atoms with Crippen molar-refractivity contribution in [1.29, 1.82) is 0 Å². The number of thiocarbonyl (C=S) groups is 1. The molecule has 0 aliphatic heterocycles. The topological polar surface area (TPSA) is 79.5 Å². The summed E-state index contributed by atoms with van der Waals surface area (Å²) in [6.07, 6.45) is 5.62. The molecular weight excluding hydrogens is 398 g/mol. The zero-order valence-electron chi connectivity index (χ0n) is 17.1. The van der Waals surface area contributed by atoms with E-state index in [1.54, 1.807) is 42.5 Å². The average molecular weight is 426 g/mol. The fraction of sp³-hybridized carbons (Fsp3) is 0.348. The molecule has 0 heterocycles. The molecule has 0 bridgehead atoms. The van der Waals surface area contributed by atoms with Gasteiger partial charge in [0.25, 0.3) is 11.8 Å². The summed E-state index contributed by atoms with van der Waals surface area (Å²) in [6, 6.07) is 14.3. The number of benzene rings is 2. The van der Waals surface area contributed by atoms with E-state index in [1.807, 2.05) is 13.0 Å². The van der Waals surface area contributed by atoms with E-state index in [2.05, 4.69) is 16.0 Å². The van der Waals surface area contributed by atoms with Crippen molar-refractivity contribution in [3.05, 3.63) is 59.7 Å². The van der Waals surface area contributed by atoms with E-state index in [1.165, 1.54) is 6.42 Å². The Labute approximate surface area is 182 Å². The van der Waals surface area contributed by atoms with Gasteiger partial charge in [0.2, 0.25) is 0 Å². The van der Waals surface area contributed by atoms with Crippen LogP contribution in [-0.2, 0) is 0 Å². The number of rotatable bonds is 6. The van der Waals surface area contributed by atoms with Crippen LogP contribution in [0.3, 0.4) is 0 Å². The molecule has 0 aromatic heterocycles. The molecule has 3 N–H and O–H groups in total. The molecule has 0 radical (unpaired) electrons. The molecule has 1 fully saturated rings. The molecular formula is C23H27N3O3S. The van der Waals surface area contributed by atoms with Crippen LogP contribution in [0.15, 0.2) is 48.5 Å². The van der Waals surface area contributed by atoms with E-state index in [0.29, 0.717) is 29.2 Å². The largest absolute Gasteiger partial charge is 0.493 e. The number of ether oxygens (including phenoxy) is 1. The quantitative estimate of drug-likeness (QED) is 0.602. The molecule has 30 heavy (non-hydrogen) atoms. The van der Waals surface area contributed by atoms with Gasteiger partial charge in [-0.25, -0.2) is 0 Å². The minimum atomic E-state index is -0.359. The highest BCUT2D eigenvalue weighted by Crippen LogP contribution is 2.19. The lowest BCUT2D eigenvalue weighted by Gasteiger charge is -2.22. The second kappa shape index (κ2) is 10.7. The molecule has 0 spiro atoms. The molecule has 0 unspecified atom stereocenters. The van der Waals surface area contributed by atoms with E-state index in [0.717, 1.165) is 25.7 Å². The Bertz CT molecular complexity index is 910. The van der Waals surface area contributed by atoms with Gasteiger partial charge < -0.3 is 15.4 Å². The lowest BCUT2D eigenvalue weighted by atomic mass is 9.95. The van der Waals surface area contributed by atoms with Crippen LogP contribution in [0.4, 0.5) is 5.69 Å². The Morgan fingerprint density at radius 2 is 1.80 bits per heavy atom. The van der Waals surface area contributed by atoms with Crippen LogP contribution in [0, 0.1) is 0 Å². The van der Waals surface area contributed by atoms with Gasteiger partial charge in [0, 0.05) is 17.3 Å². The first-order valence-electron chi connectivity index (χ1n) is 10.3. The Morgan fingerprint density at radius 3 is 2.57 bits per heavy atom. The average Bonchev–Trinajstić information content (AvgIpc) is 2.75. The maximum Gasteiger partial charge on any atom is 0.261 e. The minimum Gasteiger partial charge on any atom is -0.493 e. The van der Waals surface area contributed by atoms with Crippen molar-refractivity contribution < 1.29 is 14.3 Å². The Hall–Kier alpha value is -2.93. The first kappa shape index (κ1) is 21.8. The van der Waals surface area contributed by atoms with Crippen LogP contribution in [0.25, 0.3) is 0 Å². The third kappa shape index (κ3) is 6.03. The lowest BCUT2D eigenvalue weighted by Crippen LogP contribution is -2.36. The smallest absolute Gasteiger partial charge is 0.261 e. The summed E-state index contributed by atoms with van der Waals surface area (Å²) in [5.41, 5.74) is 1.60. The van der Waals surface area contributed by atoms with Crippen LogP contribution < -0.4 is 20.7 Å². The molecule has 3 rings (SSSR count). The first-order valence-corrected chi connectivity index (χ1v) is 10.7. The van der Waals surface area contributed by atoms with Crippen molar-refractivity contribution in [2.24, 2.45) is 0 Å². The van der Waals surface area contributed by atoms with Gasteiger partial charge in [-0.15, -0.1) is 0 Å². The molecule has 1 saturated carbocycles. The molecule has 6 nitrogen and oxygen atoms in total. The van der Waals surface area contributed by atoms with Crippen molar-refractivity contribution in [1.82, 2.24) is 10.6 Å². The molecule has 7 heteroatoms. The predicted molar refractivity (Wildman–Crippen MR) is 122 cm³/mol. The summed E-state index contributed by atoms with van der Waals surface area (Å²) in [5, 5.41) is 8.88. The zero-order valence-corrected chi connectivity index (χ0v) is 17.9. The van der Waals surface area contributed by atoms with Gasteiger partial charge in [-0.3, -0.25) is 14.9 Å². The van der Waals surface area contributed by atoms with Crippen molar-refractivity contribution in [2.45, 2.75) is 45.1 Å². The number of hydrogen-bond donors (Lipinski definition) is 3. The summed E-state index contributed by atoms with van der Waals surface area (Å²) in [4.78, 5) is 25.1. The third-order valence-electron chi connectivity index (χ3n) is 4.98. The van der Waals surface area contributed by atoms with Crippen LogP contribution in [0.2, 0.25) is 0 Å². The first-order chi connectivity index (χ1) is 14.6. The molecule has 1 aliphatic carbocycles. The summed E-state index contributed by atoms with van der Waals surface area (Å²) in [7, 11) is 0. The van der Waals surface area contributed by atoms with E-state index in [4.69, 9.17) is 17.0 Å². The monoisotopic (exact) mass is 425 g/mol. The summed E-state index contributed by atoms with van der Waals surface area (Å²) >= 11 is 5.28. The van der Waals surface area contributed by atoms with Crippen LogP contribution in [-0.4, -0.2) is 29.6 Å². The van der Waals surface area contributed by atoms with Gasteiger partial charge in [0.15, 0.2) is 5.11 Å². The SMILES string of the molecule is CCOc1ccccc1C(=O)NC(=S)Nc1cccc(C(=O)NC2CCCCC2)c1. The second-order valence-corrected chi connectivity index (χ2v) is 7.63. The Morgan fingerprint density at radius 1 is 1.03 bits per heavy atom. The van der Waals surface area contributed by atoms with Crippen molar-refractivity contribution in [2.75, 3.05) is 11.9 Å². The number of hydrogen-bond acceptors (Lipinski definition) is 4. The lowest BCUT2D eigenvalue weighted by molar-refractivity contribution is 0.0926. The van der Waals surface area contributed by atoms with E-state index in [9.17, 15) is 9.59 Å². The number of nitrogens with one attached hydrogen (secondary N) is 3. The Kier molecular flexibility index (Phi) is 7.79. The number of amides is 2. The van der Waals surface area contributed by atoms with Crippen LogP contribution in [0.5, 0.6) is 5.75 Å². The highest BCUT2D eigenvalue weighted by molar-refractivity contribution is 7.80. The molecule has 2 aromatic rings. The third-order valence-corrected chi connectivity index (χ3v) is 5.19. The molecule has 0 saturated heterocycles. The number of carbonyl (C=O) groups is 2. The molecule has 158 valence electrons. The van der Waals surface area contributed by atoms with Gasteiger partial charge in [-0.05, 0) is 62.3 Å². The van der Waals surface area contributed by atoms with E-state index < -0.39 is 0 Å². The summed E-state index contributed by atoms with van der Waals surface area (Å²) in [6.45, 7) is 2.32. The van der Waals surface area contributed by atoms with Crippen LogP contribution >= 0.6 is 12.2 Å². The number of anilines is 1. The highest BCUT2D eigenvalue weighted by atomic mass is 32.1. The molecule has 2 amide bonds. The van der Waals surface area contributed by atoms with Crippen molar-refractivity contribution in [3.8, 4) is 5.75 Å². The van der Waals surface area contributed by atoms with Gasteiger partial charge in [0.1, 0.15) is 5.75 Å². The molecule has 0 atom stereocenters. The van der Waals surface area contributed by atoms with Crippen molar-refractivity contribution in [3.63, 3.8) is 0 Å². The number of para-hydroxylation sites is 1. The maximum absolute atomic E-state index is 12.6. The highest BCUT2D eigenvalue weighted by Gasteiger charge is 2.17. The molecule has 1 aliphatic rings. The fourth-order valence-corrected chi connectivity index (χ4v) is 3.73. The zero-order chi connectivity index (χ0) is 21.3. The fourth-order valence-electron chi connectivity index (χ4n) is 3.52. The van der Waals surface area contributed by atoms with Gasteiger partial charge in [-0.1, -0.05) is 37.5 Å².